The van der Waals surface area contributed by atoms with Crippen LogP contribution in [0, 0.1) is 0 Å². The maximum absolute atomic E-state index is 11.5. The third kappa shape index (κ3) is 2.71. The molecule has 3 rings (SSSR count). The summed E-state index contributed by atoms with van der Waals surface area (Å²) in [6, 6.07) is 3.16. The highest BCUT2D eigenvalue weighted by molar-refractivity contribution is 7.89. The van der Waals surface area contributed by atoms with Gasteiger partial charge in [-0.2, -0.15) is 4.80 Å². The Balaban J connectivity index is 1.94. The summed E-state index contributed by atoms with van der Waals surface area (Å²) >= 11 is 6.03. The molecule has 0 radical (unpaired) electrons. The Bertz CT molecular complexity index is 803. The molecule has 0 unspecified atom stereocenters. The number of hydrogen-bond acceptors (Lipinski definition) is 6. The first-order valence-corrected chi connectivity index (χ1v) is 8.10. The van der Waals surface area contributed by atoms with Crippen LogP contribution in [0.5, 0.6) is 0 Å². The van der Waals surface area contributed by atoms with Crippen LogP contribution in [0.4, 0.5) is 5.69 Å². The standard InChI is InChI=1S/C11H13ClN6O2S/c1-17-15-11(14-16-17)6-18-3-2-7-4-10(21(13,19)20)8(12)5-9(7)18/h4-5H,2-3,6H2,1H3,(H2,13,19,20). The molecule has 0 aliphatic carbocycles. The lowest BCUT2D eigenvalue weighted by Crippen LogP contribution is -2.20. The average Bonchev–Trinajstić information content (AvgIpc) is 2.95. The second-order valence-corrected chi connectivity index (χ2v) is 6.76. The molecular formula is C11H13ClN6O2S. The monoisotopic (exact) mass is 328 g/mol. The fraction of sp³-hybridized carbons (Fsp3) is 0.364. The third-order valence-corrected chi connectivity index (χ3v) is 4.69. The van der Waals surface area contributed by atoms with Gasteiger partial charge in [0.05, 0.1) is 18.6 Å². The van der Waals surface area contributed by atoms with Crippen molar-refractivity contribution in [2.45, 2.75) is 17.9 Å². The van der Waals surface area contributed by atoms with Gasteiger partial charge in [-0.05, 0) is 29.3 Å². The molecule has 1 aromatic carbocycles. The molecule has 2 aromatic rings. The number of hydrogen-bond donors (Lipinski definition) is 1. The van der Waals surface area contributed by atoms with Crippen LogP contribution in [0.3, 0.4) is 0 Å². The molecule has 10 heteroatoms. The van der Waals surface area contributed by atoms with E-state index in [-0.39, 0.29) is 9.92 Å². The van der Waals surface area contributed by atoms with Crippen molar-refractivity contribution < 1.29 is 8.42 Å². The molecule has 0 atom stereocenters. The van der Waals surface area contributed by atoms with Crippen LogP contribution < -0.4 is 10.0 Å². The minimum absolute atomic E-state index is 0.0394. The van der Waals surface area contributed by atoms with Gasteiger partial charge in [-0.15, -0.1) is 10.2 Å². The quantitative estimate of drug-likeness (QED) is 0.854. The SMILES string of the molecule is Cn1nnc(CN2CCc3cc(S(N)(=O)=O)c(Cl)cc32)n1. The van der Waals surface area contributed by atoms with E-state index >= 15 is 0 Å². The zero-order valence-corrected chi connectivity index (χ0v) is 12.8. The van der Waals surface area contributed by atoms with Crippen molar-refractivity contribution in [3.8, 4) is 0 Å². The number of anilines is 1. The number of aromatic nitrogens is 4. The van der Waals surface area contributed by atoms with E-state index in [1.807, 2.05) is 4.90 Å². The summed E-state index contributed by atoms with van der Waals surface area (Å²) in [5, 5.41) is 17.1. The van der Waals surface area contributed by atoms with Crippen molar-refractivity contribution >= 4 is 27.3 Å². The highest BCUT2D eigenvalue weighted by Gasteiger charge is 2.25. The molecule has 0 bridgehead atoms. The Labute approximate surface area is 126 Å². The molecule has 0 saturated heterocycles. The number of fused-ring (bicyclic) bond motifs is 1. The zero-order valence-electron chi connectivity index (χ0n) is 11.2. The molecule has 112 valence electrons. The number of nitrogens with zero attached hydrogens (tertiary/aromatic N) is 5. The Morgan fingerprint density at radius 1 is 1.43 bits per heavy atom. The van der Waals surface area contributed by atoms with Crippen LogP contribution in [0.1, 0.15) is 11.4 Å². The van der Waals surface area contributed by atoms with Gasteiger partial charge in [0.2, 0.25) is 10.0 Å². The molecule has 0 saturated carbocycles. The summed E-state index contributed by atoms with van der Waals surface area (Å²) < 4.78 is 23.0. The third-order valence-electron chi connectivity index (χ3n) is 3.31. The summed E-state index contributed by atoms with van der Waals surface area (Å²) in [6.45, 7) is 1.23. The van der Waals surface area contributed by atoms with Crippen LogP contribution in [0.25, 0.3) is 0 Å². The molecule has 21 heavy (non-hydrogen) atoms. The molecule has 2 heterocycles. The van der Waals surface area contributed by atoms with Gasteiger partial charge in [0.1, 0.15) is 4.90 Å². The van der Waals surface area contributed by atoms with Gasteiger partial charge in [-0.3, -0.25) is 0 Å². The zero-order chi connectivity index (χ0) is 15.2. The summed E-state index contributed by atoms with van der Waals surface area (Å²) in [5.74, 6) is 0.594. The van der Waals surface area contributed by atoms with E-state index in [4.69, 9.17) is 16.7 Å². The van der Waals surface area contributed by atoms with Gasteiger partial charge in [0.25, 0.3) is 0 Å². The van der Waals surface area contributed by atoms with Gasteiger partial charge in [0.15, 0.2) is 5.82 Å². The van der Waals surface area contributed by atoms with Crippen LogP contribution in [0.15, 0.2) is 17.0 Å². The van der Waals surface area contributed by atoms with Crippen LogP contribution in [-0.4, -0.2) is 35.2 Å². The van der Waals surface area contributed by atoms with Crippen LogP contribution >= 0.6 is 11.6 Å². The van der Waals surface area contributed by atoms with E-state index in [0.717, 1.165) is 24.2 Å². The number of sulfonamides is 1. The number of halogens is 1. The molecule has 0 amide bonds. The molecule has 0 fully saturated rings. The largest absolute Gasteiger partial charge is 0.363 e. The van der Waals surface area contributed by atoms with Crippen molar-refractivity contribution in [3.05, 3.63) is 28.5 Å². The van der Waals surface area contributed by atoms with Crippen molar-refractivity contribution in [1.29, 1.82) is 0 Å². The Morgan fingerprint density at radius 2 is 2.19 bits per heavy atom. The average molecular weight is 329 g/mol. The minimum Gasteiger partial charge on any atom is -0.363 e. The molecule has 1 aliphatic heterocycles. The van der Waals surface area contributed by atoms with Crippen molar-refractivity contribution in [2.75, 3.05) is 11.4 Å². The van der Waals surface area contributed by atoms with E-state index in [1.165, 1.54) is 10.9 Å². The number of benzene rings is 1. The first-order chi connectivity index (χ1) is 9.84. The number of tetrazole rings is 1. The Kier molecular flexibility index (Phi) is 3.34. The van der Waals surface area contributed by atoms with Crippen LogP contribution in [-0.2, 0) is 30.0 Å². The summed E-state index contributed by atoms with van der Waals surface area (Å²) in [7, 11) is -2.12. The van der Waals surface area contributed by atoms with Gasteiger partial charge >= 0.3 is 0 Å². The van der Waals surface area contributed by atoms with E-state index in [2.05, 4.69) is 15.4 Å². The van der Waals surface area contributed by atoms with E-state index in [9.17, 15) is 8.42 Å². The topological polar surface area (TPSA) is 107 Å². The lowest BCUT2D eigenvalue weighted by molar-refractivity contribution is 0.598. The Hall–Kier alpha value is -1.71. The van der Waals surface area contributed by atoms with E-state index < -0.39 is 10.0 Å². The fourth-order valence-electron chi connectivity index (χ4n) is 2.40. The molecular weight excluding hydrogens is 316 g/mol. The number of nitrogens with two attached hydrogens (primary N) is 1. The predicted molar refractivity (Wildman–Crippen MR) is 76.4 cm³/mol. The summed E-state index contributed by atoms with van der Waals surface area (Å²) in [5.41, 5.74) is 1.77. The van der Waals surface area contributed by atoms with E-state index in [1.54, 1.807) is 13.1 Å². The van der Waals surface area contributed by atoms with Gasteiger partial charge in [-0.1, -0.05) is 11.6 Å². The second-order valence-electron chi connectivity index (χ2n) is 4.82. The fourth-order valence-corrected chi connectivity index (χ4v) is 3.51. The van der Waals surface area contributed by atoms with Crippen molar-refractivity contribution in [1.82, 2.24) is 20.2 Å². The van der Waals surface area contributed by atoms with Gasteiger partial charge < -0.3 is 4.90 Å². The summed E-state index contributed by atoms with van der Waals surface area (Å²) in [6.07, 6.45) is 0.718. The maximum Gasteiger partial charge on any atom is 0.239 e. The lowest BCUT2D eigenvalue weighted by Gasteiger charge is -2.17. The molecule has 2 N–H and O–H groups in total. The number of aryl methyl sites for hydroxylation is 1. The second kappa shape index (κ2) is 4.93. The molecule has 0 spiro atoms. The lowest BCUT2D eigenvalue weighted by atomic mass is 10.2. The smallest absolute Gasteiger partial charge is 0.239 e. The normalized spacial score (nSPS) is 14.5. The Morgan fingerprint density at radius 3 is 2.81 bits per heavy atom. The maximum atomic E-state index is 11.5. The number of primary sulfonamides is 1. The highest BCUT2D eigenvalue weighted by atomic mass is 35.5. The van der Waals surface area contributed by atoms with Gasteiger partial charge in [-0.25, -0.2) is 13.6 Å². The molecule has 8 nitrogen and oxygen atoms in total. The van der Waals surface area contributed by atoms with Crippen molar-refractivity contribution in [2.24, 2.45) is 12.2 Å². The molecule has 1 aliphatic rings. The minimum atomic E-state index is -3.82. The molecule has 1 aromatic heterocycles. The van der Waals surface area contributed by atoms with Crippen molar-refractivity contribution in [3.63, 3.8) is 0 Å². The first-order valence-electron chi connectivity index (χ1n) is 6.17. The van der Waals surface area contributed by atoms with Gasteiger partial charge in [0, 0.05) is 12.2 Å². The van der Waals surface area contributed by atoms with Crippen LogP contribution in [0.2, 0.25) is 5.02 Å². The highest BCUT2D eigenvalue weighted by Crippen LogP contribution is 2.35. The predicted octanol–water partition coefficient (Wildman–Crippen LogP) is 0.0736. The van der Waals surface area contributed by atoms with E-state index in [0.29, 0.717) is 12.4 Å². The number of rotatable bonds is 3. The first kappa shape index (κ1) is 14.2. The summed E-state index contributed by atoms with van der Waals surface area (Å²) in [4.78, 5) is 3.39.